The molecule has 110 valence electrons. The summed E-state index contributed by atoms with van der Waals surface area (Å²) >= 11 is 0. The number of hydrogen-bond acceptors (Lipinski definition) is 3. The van der Waals surface area contributed by atoms with E-state index in [0.29, 0.717) is 19.5 Å². The first-order valence-electron chi connectivity index (χ1n) is 7.75. The van der Waals surface area contributed by atoms with Crippen LogP contribution in [-0.4, -0.2) is 34.8 Å². The summed E-state index contributed by atoms with van der Waals surface area (Å²) in [6.07, 6.45) is 10.8. The second kappa shape index (κ2) is 9.82. The maximum absolute atomic E-state index is 12.0. The SMILES string of the molecule is CCCCCCCCCC(=O)N1CCC(=NO)CC1. The van der Waals surface area contributed by atoms with Crippen LogP contribution in [0, 0.1) is 0 Å². The summed E-state index contributed by atoms with van der Waals surface area (Å²) in [6, 6.07) is 0. The van der Waals surface area contributed by atoms with Crippen molar-refractivity contribution in [2.24, 2.45) is 5.16 Å². The Bertz CT molecular complexity index is 280. The minimum atomic E-state index is 0.269. The highest BCUT2D eigenvalue weighted by atomic mass is 16.4. The van der Waals surface area contributed by atoms with Gasteiger partial charge in [0.25, 0.3) is 0 Å². The lowest BCUT2D eigenvalue weighted by Gasteiger charge is -2.27. The van der Waals surface area contributed by atoms with Gasteiger partial charge in [-0.2, -0.15) is 0 Å². The second-order valence-corrected chi connectivity index (χ2v) is 5.42. The van der Waals surface area contributed by atoms with E-state index in [9.17, 15) is 4.79 Å². The van der Waals surface area contributed by atoms with Gasteiger partial charge in [0.15, 0.2) is 0 Å². The molecule has 4 nitrogen and oxygen atoms in total. The molecule has 0 spiro atoms. The van der Waals surface area contributed by atoms with E-state index < -0.39 is 0 Å². The number of likely N-dealkylation sites (tertiary alicyclic amines) is 1. The highest BCUT2D eigenvalue weighted by Gasteiger charge is 2.19. The highest BCUT2D eigenvalue weighted by Crippen LogP contribution is 2.12. The summed E-state index contributed by atoms with van der Waals surface area (Å²) in [5.41, 5.74) is 0.819. The molecule has 1 amide bonds. The number of piperidine rings is 1. The van der Waals surface area contributed by atoms with Gasteiger partial charge in [0.1, 0.15) is 0 Å². The molecule has 0 bridgehead atoms. The molecule has 1 N–H and O–H groups in total. The zero-order chi connectivity index (χ0) is 13.9. The molecule has 0 aromatic rings. The van der Waals surface area contributed by atoms with Gasteiger partial charge in [0, 0.05) is 32.4 Å². The van der Waals surface area contributed by atoms with Gasteiger partial charge >= 0.3 is 0 Å². The zero-order valence-corrected chi connectivity index (χ0v) is 12.2. The number of oxime groups is 1. The Balaban J connectivity index is 2.02. The molecule has 0 aromatic carbocycles. The van der Waals surface area contributed by atoms with Crippen LogP contribution in [0.25, 0.3) is 0 Å². The third-order valence-corrected chi connectivity index (χ3v) is 3.83. The molecule has 1 fully saturated rings. The lowest BCUT2D eigenvalue weighted by Crippen LogP contribution is -2.38. The topological polar surface area (TPSA) is 52.9 Å². The quantitative estimate of drug-likeness (QED) is 0.415. The molecule has 19 heavy (non-hydrogen) atoms. The zero-order valence-electron chi connectivity index (χ0n) is 12.2. The Morgan fingerprint density at radius 1 is 1.11 bits per heavy atom. The van der Waals surface area contributed by atoms with Crippen molar-refractivity contribution in [3.8, 4) is 0 Å². The van der Waals surface area contributed by atoms with E-state index >= 15 is 0 Å². The maximum Gasteiger partial charge on any atom is 0.222 e. The number of carbonyl (C=O) groups excluding carboxylic acids is 1. The fraction of sp³-hybridized carbons (Fsp3) is 0.867. The summed E-state index contributed by atoms with van der Waals surface area (Å²) in [4.78, 5) is 13.9. The summed E-state index contributed by atoms with van der Waals surface area (Å²) < 4.78 is 0. The molecule has 4 heteroatoms. The molecule has 0 saturated carbocycles. The number of amides is 1. The molecule has 0 aliphatic carbocycles. The predicted molar refractivity (Wildman–Crippen MR) is 77.6 cm³/mol. The first-order valence-corrected chi connectivity index (χ1v) is 7.75. The number of nitrogens with zero attached hydrogens (tertiary/aromatic N) is 2. The van der Waals surface area contributed by atoms with Crippen LogP contribution in [0.3, 0.4) is 0 Å². The Hall–Kier alpha value is -1.06. The van der Waals surface area contributed by atoms with Crippen molar-refractivity contribution in [3.05, 3.63) is 0 Å². The molecule has 1 heterocycles. The number of unbranched alkanes of at least 4 members (excludes halogenated alkanes) is 6. The fourth-order valence-corrected chi connectivity index (χ4v) is 2.51. The van der Waals surface area contributed by atoms with Crippen LogP contribution in [0.1, 0.15) is 71.1 Å². The number of carbonyl (C=O) groups is 1. The van der Waals surface area contributed by atoms with Crippen molar-refractivity contribution in [2.75, 3.05) is 13.1 Å². The Labute approximate surface area is 116 Å². The van der Waals surface area contributed by atoms with E-state index in [2.05, 4.69) is 12.1 Å². The van der Waals surface area contributed by atoms with Crippen LogP contribution in [-0.2, 0) is 4.79 Å². The van der Waals surface area contributed by atoms with Gasteiger partial charge in [-0.1, -0.05) is 50.6 Å². The van der Waals surface area contributed by atoms with Crippen molar-refractivity contribution < 1.29 is 10.0 Å². The molecular formula is C15H28N2O2. The first kappa shape index (κ1) is 16.0. The van der Waals surface area contributed by atoms with Crippen LogP contribution >= 0.6 is 0 Å². The van der Waals surface area contributed by atoms with Crippen molar-refractivity contribution in [2.45, 2.75) is 71.1 Å². The Morgan fingerprint density at radius 3 is 2.26 bits per heavy atom. The van der Waals surface area contributed by atoms with Gasteiger partial charge in [-0.05, 0) is 6.42 Å². The maximum atomic E-state index is 12.0. The molecule has 1 aliphatic rings. The van der Waals surface area contributed by atoms with Gasteiger partial charge in [-0.15, -0.1) is 0 Å². The number of rotatable bonds is 8. The Morgan fingerprint density at radius 2 is 1.68 bits per heavy atom. The van der Waals surface area contributed by atoms with Crippen molar-refractivity contribution in [1.82, 2.24) is 4.90 Å². The van der Waals surface area contributed by atoms with Crippen LogP contribution < -0.4 is 0 Å². The van der Waals surface area contributed by atoms with E-state index in [4.69, 9.17) is 5.21 Å². The lowest BCUT2D eigenvalue weighted by molar-refractivity contribution is -0.131. The third kappa shape index (κ3) is 6.60. The summed E-state index contributed by atoms with van der Waals surface area (Å²) in [6.45, 7) is 3.66. The first-order chi connectivity index (χ1) is 9.27. The third-order valence-electron chi connectivity index (χ3n) is 3.83. The molecular weight excluding hydrogens is 240 g/mol. The molecule has 1 aliphatic heterocycles. The predicted octanol–water partition coefficient (Wildman–Crippen LogP) is 3.58. The molecule has 0 aromatic heterocycles. The molecule has 1 saturated heterocycles. The minimum absolute atomic E-state index is 0.269. The Kier molecular flexibility index (Phi) is 8.26. The van der Waals surface area contributed by atoms with Crippen LogP contribution in [0.15, 0.2) is 5.16 Å². The van der Waals surface area contributed by atoms with E-state index in [1.807, 2.05) is 4.90 Å². The highest BCUT2D eigenvalue weighted by molar-refractivity contribution is 5.87. The average Bonchev–Trinajstić information content (AvgIpc) is 2.46. The van der Waals surface area contributed by atoms with Gasteiger partial charge in [-0.25, -0.2) is 0 Å². The van der Waals surface area contributed by atoms with E-state index in [1.165, 1.54) is 38.5 Å². The second-order valence-electron chi connectivity index (χ2n) is 5.42. The van der Waals surface area contributed by atoms with Gasteiger partial charge < -0.3 is 10.1 Å². The molecule has 0 unspecified atom stereocenters. The van der Waals surface area contributed by atoms with Crippen LogP contribution in [0.4, 0.5) is 0 Å². The molecule has 0 atom stereocenters. The monoisotopic (exact) mass is 268 g/mol. The van der Waals surface area contributed by atoms with E-state index in [0.717, 1.165) is 25.0 Å². The van der Waals surface area contributed by atoms with Crippen LogP contribution in [0.2, 0.25) is 0 Å². The summed E-state index contributed by atoms with van der Waals surface area (Å²) in [5.74, 6) is 0.269. The van der Waals surface area contributed by atoms with Crippen molar-refractivity contribution >= 4 is 11.6 Å². The average molecular weight is 268 g/mol. The van der Waals surface area contributed by atoms with Gasteiger partial charge in [0.05, 0.1) is 5.71 Å². The van der Waals surface area contributed by atoms with Crippen molar-refractivity contribution in [1.29, 1.82) is 0 Å². The standard InChI is InChI=1S/C15H28N2O2/c1-2-3-4-5-6-7-8-9-15(18)17-12-10-14(16-19)11-13-17/h19H,2-13H2,1H3. The normalized spacial score (nSPS) is 15.6. The van der Waals surface area contributed by atoms with E-state index in [1.54, 1.807) is 0 Å². The molecule has 1 rings (SSSR count). The smallest absolute Gasteiger partial charge is 0.222 e. The minimum Gasteiger partial charge on any atom is -0.411 e. The van der Waals surface area contributed by atoms with Gasteiger partial charge in [0.2, 0.25) is 5.91 Å². The van der Waals surface area contributed by atoms with Gasteiger partial charge in [-0.3, -0.25) is 4.79 Å². The molecule has 0 radical (unpaired) electrons. The fourth-order valence-electron chi connectivity index (χ4n) is 2.51. The largest absolute Gasteiger partial charge is 0.411 e. The summed E-state index contributed by atoms with van der Waals surface area (Å²) in [7, 11) is 0. The van der Waals surface area contributed by atoms with Crippen molar-refractivity contribution in [3.63, 3.8) is 0 Å². The number of hydrogen-bond donors (Lipinski definition) is 1. The summed E-state index contributed by atoms with van der Waals surface area (Å²) in [5, 5.41) is 11.9. The van der Waals surface area contributed by atoms with Crippen LogP contribution in [0.5, 0.6) is 0 Å². The lowest BCUT2D eigenvalue weighted by atomic mass is 10.1. The van der Waals surface area contributed by atoms with E-state index in [-0.39, 0.29) is 5.91 Å².